The van der Waals surface area contributed by atoms with E-state index in [-0.39, 0.29) is 5.41 Å². The standard InChI is InChI=1S/C48H32N4O/c1-48(2)39-19-11-9-17-33(39)37-27-38-34-18-10-12-20-41(34)52(42(38)28-40(37)48)32-22-24-36-35-23-21-31(25-43(35)53-44(36)26-32)47-50-45(29-13-5-3-6-14-29)49-46(51-47)30-15-7-4-8-16-30/h3-28H,1-2H3. The minimum atomic E-state index is -0.0932. The van der Waals surface area contributed by atoms with Crippen LogP contribution >= 0.6 is 0 Å². The molecule has 0 unspecified atom stereocenters. The lowest BCUT2D eigenvalue weighted by molar-refractivity contribution is 0.661. The minimum Gasteiger partial charge on any atom is -0.456 e. The van der Waals surface area contributed by atoms with E-state index in [0.717, 1.165) is 44.3 Å². The lowest BCUT2D eigenvalue weighted by atomic mass is 9.82. The molecule has 10 aromatic rings. The van der Waals surface area contributed by atoms with Gasteiger partial charge in [0.05, 0.1) is 11.0 Å². The third-order valence-corrected chi connectivity index (χ3v) is 11.0. The topological polar surface area (TPSA) is 56.7 Å². The van der Waals surface area contributed by atoms with Gasteiger partial charge in [-0.2, -0.15) is 0 Å². The Bertz CT molecular complexity index is 3020. The van der Waals surface area contributed by atoms with Crippen LogP contribution in [0.5, 0.6) is 0 Å². The zero-order chi connectivity index (χ0) is 35.3. The van der Waals surface area contributed by atoms with Gasteiger partial charge in [0.1, 0.15) is 11.2 Å². The Morgan fingerprint density at radius 3 is 1.77 bits per heavy atom. The monoisotopic (exact) mass is 680 g/mol. The van der Waals surface area contributed by atoms with Crippen LogP contribution in [-0.2, 0) is 5.41 Å². The second-order valence-electron chi connectivity index (χ2n) is 14.5. The van der Waals surface area contributed by atoms with Crippen LogP contribution < -0.4 is 0 Å². The first kappa shape index (κ1) is 29.8. The van der Waals surface area contributed by atoms with Crippen LogP contribution in [0.2, 0.25) is 0 Å². The number of furan rings is 1. The zero-order valence-corrected chi connectivity index (χ0v) is 29.2. The summed E-state index contributed by atoms with van der Waals surface area (Å²) in [4.78, 5) is 14.8. The molecule has 0 fully saturated rings. The second kappa shape index (κ2) is 11.1. The summed E-state index contributed by atoms with van der Waals surface area (Å²) in [6, 6.07) is 55.3. The number of aromatic nitrogens is 4. The minimum absolute atomic E-state index is 0.0932. The molecule has 250 valence electrons. The van der Waals surface area contributed by atoms with E-state index in [1.807, 2.05) is 60.7 Å². The maximum atomic E-state index is 6.67. The van der Waals surface area contributed by atoms with Crippen molar-refractivity contribution in [1.29, 1.82) is 0 Å². The normalized spacial score (nSPS) is 13.2. The molecule has 3 aromatic heterocycles. The number of nitrogens with zero attached hydrogens (tertiary/aromatic N) is 4. The first-order chi connectivity index (χ1) is 26.0. The van der Waals surface area contributed by atoms with Crippen molar-refractivity contribution in [2.45, 2.75) is 19.3 Å². The van der Waals surface area contributed by atoms with Crippen molar-refractivity contribution in [2.24, 2.45) is 0 Å². The predicted octanol–water partition coefficient (Wildman–Crippen LogP) is 12.2. The largest absolute Gasteiger partial charge is 0.456 e. The Kier molecular flexibility index (Phi) is 6.23. The number of fused-ring (bicyclic) bond motifs is 9. The first-order valence-electron chi connectivity index (χ1n) is 18.0. The van der Waals surface area contributed by atoms with Gasteiger partial charge in [-0.1, -0.05) is 123 Å². The van der Waals surface area contributed by atoms with Crippen molar-refractivity contribution in [3.8, 4) is 51.0 Å². The molecule has 0 aliphatic heterocycles. The van der Waals surface area contributed by atoms with E-state index in [9.17, 15) is 0 Å². The predicted molar refractivity (Wildman–Crippen MR) is 215 cm³/mol. The van der Waals surface area contributed by atoms with Gasteiger partial charge in [-0.3, -0.25) is 0 Å². The van der Waals surface area contributed by atoms with Gasteiger partial charge in [0.15, 0.2) is 17.5 Å². The van der Waals surface area contributed by atoms with Crippen LogP contribution in [0.4, 0.5) is 0 Å². The fourth-order valence-corrected chi connectivity index (χ4v) is 8.42. The highest BCUT2D eigenvalue weighted by atomic mass is 16.3. The van der Waals surface area contributed by atoms with Gasteiger partial charge < -0.3 is 8.98 Å². The van der Waals surface area contributed by atoms with Crippen LogP contribution in [0.3, 0.4) is 0 Å². The van der Waals surface area contributed by atoms with Crippen molar-refractivity contribution in [1.82, 2.24) is 19.5 Å². The molecule has 53 heavy (non-hydrogen) atoms. The molecule has 7 aromatic carbocycles. The third kappa shape index (κ3) is 4.47. The molecule has 5 heteroatoms. The van der Waals surface area contributed by atoms with Crippen molar-refractivity contribution in [2.75, 3.05) is 0 Å². The van der Waals surface area contributed by atoms with Crippen LogP contribution in [0.1, 0.15) is 25.0 Å². The molecule has 1 aliphatic carbocycles. The maximum absolute atomic E-state index is 6.67. The number of hydrogen-bond acceptors (Lipinski definition) is 4. The lowest BCUT2D eigenvalue weighted by Gasteiger charge is -2.21. The third-order valence-electron chi connectivity index (χ3n) is 11.0. The molecule has 0 saturated heterocycles. The fraction of sp³-hybridized carbons (Fsp3) is 0.0625. The van der Waals surface area contributed by atoms with Crippen LogP contribution in [0.15, 0.2) is 162 Å². The van der Waals surface area contributed by atoms with E-state index >= 15 is 0 Å². The molecule has 0 radical (unpaired) electrons. The Morgan fingerprint density at radius 2 is 1.04 bits per heavy atom. The van der Waals surface area contributed by atoms with Gasteiger partial charge in [-0.15, -0.1) is 0 Å². The molecule has 0 saturated carbocycles. The molecular formula is C48H32N4O. The molecule has 5 nitrogen and oxygen atoms in total. The van der Waals surface area contributed by atoms with E-state index in [4.69, 9.17) is 19.4 Å². The van der Waals surface area contributed by atoms with Gasteiger partial charge in [-0.05, 0) is 64.7 Å². The highest BCUT2D eigenvalue weighted by Gasteiger charge is 2.36. The van der Waals surface area contributed by atoms with Crippen LogP contribution in [0.25, 0.3) is 94.7 Å². The zero-order valence-electron chi connectivity index (χ0n) is 29.2. The molecular weight excluding hydrogens is 649 g/mol. The molecule has 0 atom stereocenters. The highest BCUT2D eigenvalue weighted by molar-refractivity contribution is 6.12. The molecule has 3 heterocycles. The lowest BCUT2D eigenvalue weighted by Crippen LogP contribution is -2.14. The Hall–Kier alpha value is -6.85. The van der Waals surface area contributed by atoms with Crippen molar-refractivity contribution in [3.05, 3.63) is 169 Å². The second-order valence-corrected chi connectivity index (χ2v) is 14.5. The first-order valence-corrected chi connectivity index (χ1v) is 18.0. The average Bonchev–Trinajstić information content (AvgIpc) is 3.82. The molecule has 1 aliphatic rings. The van der Waals surface area contributed by atoms with Gasteiger partial charge in [0, 0.05) is 55.4 Å². The van der Waals surface area contributed by atoms with Gasteiger partial charge in [0.25, 0.3) is 0 Å². The summed E-state index contributed by atoms with van der Waals surface area (Å²) >= 11 is 0. The van der Waals surface area contributed by atoms with Crippen LogP contribution in [-0.4, -0.2) is 19.5 Å². The van der Waals surface area contributed by atoms with Crippen molar-refractivity contribution < 1.29 is 4.42 Å². The number of benzene rings is 7. The van der Waals surface area contributed by atoms with E-state index < -0.39 is 0 Å². The van der Waals surface area contributed by atoms with Gasteiger partial charge in [0.2, 0.25) is 0 Å². The molecule has 0 bridgehead atoms. The summed E-state index contributed by atoms with van der Waals surface area (Å²) < 4.78 is 9.06. The molecule has 0 amide bonds. The smallest absolute Gasteiger partial charge is 0.164 e. The molecule has 11 rings (SSSR count). The molecule has 0 spiro atoms. The summed E-state index contributed by atoms with van der Waals surface area (Å²) in [6.45, 7) is 4.68. The summed E-state index contributed by atoms with van der Waals surface area (Å²) in [5, 5.41) is 4.61. The fourth-order valence-electron chi connectivity index (χ4n) is 8.42. The summed E-state index contributed by atoms with van der Waals surface area (Å²) in [5.41, 5.74) is 13.1. The summed E-state index contributed by atoms with van der Waals surface area (Å²) in [5.74, 6) is 1.87. The van der Waals surface area contributed by atoms with E-state index in [1.54, 1.807) is 0 Å². The quantitative estimate of drug-likeness (QED) is 0.186. The average molecular weight is 681 g/mol. The Balaban J connectivity index is 1.06. The number of rotatable bonds is 4. The number of para-hydroxylation sites is 1. The number of hydrogen-bond donors (Lipinski definition) is 0. The molecule has 0 N–H and O–H groups in total. The van der Waals surface area contributed by atoms with E-state index in [2.05, 4.69) is 115 Å². The summed E-state index contributed by atoms with van der Waals surface area (Å²) in [6.07, 6.45) is 0. The summed E-state index contributed by atoms with van der Waals surface area (Å²) in [7, 11) is 0. The van der Waals surface area contributed by atoms with Crippen molar-refractivity contribution in [3.63, 3.8) is 0 Å². The van der Waals surface area contributed by atoms with E-state index in [0.29, 0.717) is 17.5 Å². The Morgan fingerprint density at radius 1 is 0.434 bits per heavy atom. The van der Waals surface area contributed by atoms with E-state index in [1.165, 1.54) is 44.1 Å². The van der Waals surface area contributed by atoms with Crippen LogP contribution in [0, 0.1) is 0 Å². The highest BCUT2D eigenvalue weighted by Crippen LogP contribution is 2.51. The Labute approximate surface area is 305 Å². The maximum Gasteiger partial charge on any atom is 0.164 e. The van der Waals surface area contributed by atoms with Gasteiger partial charge in [-0.25, -0.2) is 15.0 Å². The van der Waals surface area contributed by atoms with Gasteiger partial charge >= 0.3 is 0 Å². The van der Waals surface area contributed by atoms with Crippen molar-refractivity contribution >= 4 is 43.7 Å². The SMILES string of the molecule is CC1(C)c2ccccc2-c2cc3c4ccccc4n(-c4ccc5c(c4)oc4cc(-c6nc(-c7ccccc7)nc(-c7ccccc7)n6)ccc45)c3cc21.